The molecule has 0 radical (unpaired) electrons. The number of benzene rings is 2. The van der Waals surface area contributed by atoms with E-state index in [9.17, 15) is 4.79 Å². The fraction of sp³-hybridized carbons (Fsp3) is 0.0476. The van der Waals surface area contributed by atoms with Crippen LogP contribution in [0.1, 0.15) is 9.67 Å². The van der Waals surface area contributed by atoms with Crippen LogP contribution in [-0.4, -0.2) is 18.1 Å². The van der Waals surface area contributed by atoms with Gasteiger partial charge in [0.1, 0.15) is 9.88 Å². The van der Waals surface area contributed by atoms with Gasteiger partial charge in [-0.1, -0.05) is 54.6 Å². The highest BCUT2D eigenvalue weighted by atomic mass is 32.1. The summed E-state index contributed by atoms with van der Waals surface area (Å²) in [6.45, 7) is 0. The van der Waals surface area contributed by atoms with Crippen LogP contribution in [0, 0.1) is 0 Å². The van der Waals surface area contributed by atoms with Crippen LogP contribution < -0.4 is 0 Å². The standard InChI is InChI=1S/C21H15NO2S2/c1-24-21(23)19-17(11-12-25-19)20-22-18(13-26-20)16-9-7-15(8-10-16)14-5-3-2-4-6-14/h2-13H,1H3. The molecule has 0 atom stereocenters. The molecule has 0 aliphatic carbocycles. The molecule has 0 fully saturated rings. The van der Waals surface area contributed by atoms with E-state index in [1.807, 2.05) is 35.0 Å². The molecule has 26 heavy (non-hydrogen) atoms. The van der Waals surface area contributed by atoms with Crippen LogP contribution in [0.25, 0.3) is 33.0 Å². The normalized spacial score (nSPS) is 10.7. The molecule has 4 rings (SSSR count). The second-order valence-corrected chi connectivity index (χ2v) is 7.41. The maximum absolute atomic E-state index is 11.9. The van der Waals surface area contributed by atoms with Crippen molar-refractivity contribution < 1.29 is 9.53 Å². The number of carbonyl (C=O) groups is 1. The number of nitrogens with zero attached hydrogens (tertiary/aromatic N) is 1. The predicted octanol–water partition coefficient (Wildman–Crippen LogP) is 5.99. The third-order valence-corrected chi connectivity index (χ3v) is 5.83. The number of hydrogen-bond donors (Lipinski definition) is 0. The van der Waals surface area contributed by atoms with Crippen molar-refractivity contribution in [2.45, 2.75) is 0 Å². The van der Waals surface area contributed by atoms with Gasteiger partial charge in [0.15, 0.2) is 0 Å². The molecule has 3 nitrogen and oxygen atoms in total. The van der Waals surface area contributed by atoms with Crippen LogP contribution in [0.2, 0.25) is 0 Å². The van der Waals surface area contributed by atoms with Crippen molar-refractivity contribution in [2.75, 3.05) is 7.11 Å². The fourth-order valence-corrected chi connectivity index (χ4v) is 4.46. The molecule has 2 aromatic carbocycles. The highest BCUT2D eigenvalue weighted by molar-refractivity contribution is 7.15. The lowest BCUT2D eigenvalue weighted by Gasteiger charge is -2.03. The van der Waals surface area contributed by atoms with Crippen LogP contribution in [-0.2, 0) is 4.74 Å². The number of rotatable bonds is 4. The van der Waals surface area contributed by atoms with Crippen LogP contribution >= 0.6 is 22.7 Å². The van der Waals surface area contributed by atoms with Gasteiger partial charge < -0.3 is 4.74 Å². The maximum atomic E-state index is 11.9. The van der Waals surface area contributed by atoms with Crippen molar-refractivity contribution in [2.24, 2.45) is 0 Å². The second kappa shape index (κ2) is 7.23. The van der Waals surface area contributed by atoms with Gasteiger partial charge in [0.25, 0.3) is 0 Å². The summed E-state index contributed by atoms with van der Waals surface area (Å²) in [7, 11) is 1.40. The lowest BCUT2D eigenvalue weighted by atomic mass is 10.0. The van der Waals surface area contributed by atoms with Crippen molar-refractivity contribution in [1.29, 1.82) is 0 Å². The maximum Gasteiger partial charge on any atom is 0.348 e. The highest BCUT2D eigenvalue weighted by Crippen LogP contribution is 2.34. The van der Waals surface area contributed by atoms with Crippen molar-refractivity contribution in [1.82, 2.24) is 4.98 Å². The summed E-state index contributed by atoms with van der Waals surface area (Å²) in [6.07, 6.45) is 0. The number of hydrogen-bond acceptors (Lipinski definition) is 5. The summed E-state index contributed by atoms with van der Waals surface area (Å²) in [6, 6.07) is 20.6. The zero-order valence-electron chi connectivity index (χ0n) is 14.0. The van der Waals surface area contributed by atoms with Gasteiger partial charge in [-0.2, -0.15) is 0 Å². The summed E-state index contributed by atoms with van der Waals surface area (Å²) in [4.78, 5) is 17.2. The van der Waals surface area contributed by atoms with Crippen LogP contribution in [0.3, 0.4) is 0 Å². The first-order valence-corrected chi connectivity index (χ1v) is 9.80. The van der Waals surface area contributed by atoms with E-state index >= 15 is 0 Å². The van der Waals surface area contributed by atoms with E-state index in [-0.39, 0.29) is 5.97 Å². The first-order chi connectivity index (χ1) is 12.8. The number of carbonyl (C=O) groups excluding carboxylic acids is 1. The molecule has 0 saturated heterocycles. The Morgan fingerprint density at radius 2 is 1.58 bits per heavy atom. The number of thiazole rings is 1. The Bertz CT molecular complexity index is 1030. The van der Waals surface area contributed by atoms with Crippen molar-refractivity contribution in [3.05, 3.63) is 76.3 Å². The van der Waals surface area contributed by atoms with Gasteiger partial charge in [0.05, 0.1) is 12.8 Å². The van der Waals surface area contributed by atoms with Crippen molar-refractivity contribution in [3.63, 3.8) is 0 Å². The van der Waals surface area contributed by atoms with Crippen molar-refractivity contribution in [3.8, 4) is 33.0 Å². The molecule has 0 bridgehead atoms. The van der Waals surface area contributed by atoms with E-state index in [1.54, 1.807) is 0 Å². The lowest BCUT2D eigenvalue weighted by molar-refractivity contribution is 0.0607. The van der Waals surface area contributed by atoms with Crippen LogP contribution in [0.4, 0.5) is 0 Å². The third kappa shape index (κ3) is 3.19. The van der Waals surface area contributed by atoms with Gasteiger partial charge in [-0.3, -0.25) is 0 Å². The zero-order valence-corrected chi connectivity index (χ0v) is 15.6. The van der Waals surface area contributed by atoms with E-state index in [4.69, 9.17) is 9.72 Å². The molecule has 0 N–H and O–H groups in total. The quantitative estimate of drug-likeness (QED) is 0.410. The smallest absolute Gasteiger partial charge is 0.348 e. The second-order valence-electron chi connectivity index (χ2n) is 5.64. The number of esters is 1. The van der Waals surface area contributed by atoms with E-state index < -0.39 is 0 Å². The molecule has 0 saturated carbocycles. The van der Waals surface area contributed by atoms with Gasteiger partial charge in [-0.05, 0) is 22.6 Å². The minimum Gasteiger partial charge on any atom is -0.465 e. The Balaban J connectivity index is 1.63. The molecule has 0 unspecified atom stereocenters. The first-order valence-electron chi connectivity index (χ1n) is 8.04. The fourth-order valence-electron chi connectivity index (χ4n) is 2.72. The first kappa shape index (κ1) is 16.7. The molecular weight excluding hydrogens is 362 g/mol. The molecular formula is C21H15NO2S2. The summed E-state index contributed by atoms with van der Waals surface area (Å²) in [5, 5.41) is 4.73. The summed E-state index contributed by atoms with van der Waals surface area (Å²) < 4.78 is 4.85. The van der Waals surface area contributed by atoms with Gasteiger partial charge in [0, 0.05) is 16.5 Å². The Morgan fingerprint density at radius 3 is 2.31 bits per heavy atom. The van der Waals surface area contributed by atoms with E-state index in [2.05, 4.69) is 36.4 Å². The van der Waals surface area contributed by atoms with Gasteiger partial charge in [-0.25, -0.2) is 9.78 Å². The predicted molar refractivity (Wildman–Crippen MR) is 108 cm³/mol. The lowest BCUT2D eigenvalue weighted by Crippen LogP contribution is -1.99. The van der Waals surface area contributed by atoms with Gasteiger partial charge in [0.2, 0.25) is 0 Å². The van der Waals surface area contributed by atoms with E-state index in [0.717, 1.165) is 21.8 Å². The van der Waals surface area contributed by atoms with Gasteiger partial charge in [-0.15, -0.1) is 22.7 Å². The van der Waals surface area contributed by atoms with Crippen molar-refractivity contribution >= 4 is 28.6 Å². The molecule has 5 heteroatoms. The van der Waals surface area contributed by atoms with Crippen LogP contribution in [0.5, 0.6) is 0 Å². The third-order valence-electron chi connectivity index (χ3n) is 4.06. The van der Waals surface area contributed by atoms with E-state index in [0.29, 0.717) is 4.88 Å². The zero-order chi connectivity index (χ0) is 17.9. The molecule has 0 spiro atoms. The molecule has 2 aromatic heterocycles. The Morgan fingerprint density at radius 1 is 0.885 bits per heavy atom. The number of thiophene rings is 1. The Hall–Kier alpha value is -2.76. The van der Waals surface area contributed by atoms with Gasteiger partial charge >= 0.3 is 5.97 Å². The molecule has 4 aromatic rings. The topological polar surface area (TPSA) is 39.2 Å². The number of ether oxygens (including phenoxy) is 1. The number of aromatic nitrogens is 1. The monoisotopic (exact) mass is 377 g/mol. The average Bonchev–Trinajstić information content (AvgIpc) is 3.37. The highest BCUT2D eigenvalue weighted by Gasteiger charge is 2.17. The summed E-state index contributed by atoms with van der Waals surface area (Å²) in [5.74, 6) is -0.320. The minimum atomic E-state index is -0.320. The molecule has 2 heterocycles. The Labute approximate surface area is 159 Å². The SMILES string of the molecule is COC(=O)c1sccc1-c1nc(-c2ccc(-c3ccccc3)cc2)cs1. The summed E-state index contributed by atoms with van der Waals surface area (Å²) >= 11 is 2.91. The largest absolute Gasteiger partial charge is 0.465 e. The van der Waals surface area contributed by atoms with Crippen LogP contribution in [0.15, 0.2) is 71.4 Å². The number of methoxy groups -OCH3 is 1. The van der Waals surface area contributed by atoms with E-state index in [1.165, 1.54) is 40.9 Å². The Kier molecular flexibility index (Phi) is 4.65. The molecule has 128 valence electrons. The average molecular weight is 377 g/mol. The molecule has 0 aliphatic heterocycles. The minimum absolute atomic E-state index is 0.320. The molecule has 0 amide bonds. The molecule has 0 aliphatic rings. The summed E-state index contributed by atoms with van der Waals surface area (Å²) in [5.41, 5.74) is 5.17.